The predicted molar refractivity (Wildman–Crippen MR) is 125 cm³/mol. The van der Waals surface area contributed by atoms with Crippen LogP contribution in [0.15, 0.2) is 52.6 Å². The van der Waals surface area contributed by atoms with Gasteiger partial charge in [-0.05, 0) is 37.3 Å². The molecule has 166 valence electrons. The monoisotopic (exact) mass is 490 g/mol. The number of nitrogens with zero attached hydrogens (tertiary/aromatic N) is 3. The van der Waals surface area contributed by atoms with E-state index < -0.39 is 10.0 Å². The van der Waals surface area contributed by atoms with Crippen molar-refractivity contribution < 1.29 is 17.9 Å². The van der Waals surface area contributed by atoms with Gasteiger partial charge in [-0.25, -0.2) is 18.4 Å². The van der Waals surface area contributed by atoms with E-state index >= 15 is 0 Å². The van der Waals surface area contributed by atoms with Crippen molar-refractivity contribution in [2.45, 2.75) is 17.0 Å². The Morgan fingerprint density at radius 2 is 2.03 bits per heavy atom. The average molecular weight is 491 g/mol. The van der Waals surface area contributed by atoms with E-state index in [1.165, 1.54) is 24.7 Å². The van der Waals surface area contributed by atoms with E-state index in [1.54, 1.807) is 24.3 Å². The summed E-state index contributed by atoms with van der Waals surface area (Å²) in [6, 6.07) is 10.4. The summed E-state index contributed by atoms with van der Waals surface area (Å²) in [5, 5.41) is 3.44. The molecular weight excluding hydrogens is 472 g/mol. The largest absolute Gasteiger partial charge is 0.495 e. The smallest absolute Gasteiger partial charge is 0.267 e. The molecule has 0 spiro atoms. The van der Waals surface area contributed by atoms with Crippen LogP contribution in [0, 0.1) is 6.92 Å². The van der Waals surface area contributed by atoms with Gasteiger partial charge in [-0.15, -0.1) is 0 Å². The number of rotatable bonds is 5. The fourth-order valence-electron chi connectivity index (χ4n) is 3.27. The number of hydrogen-bond acceptors (Lipinski definition) is 7. The van der Waals surface area contributed by atoms with Crippen molar-refractivity contribution >= 4 is 50.7 Å². The third kappa shape index (κ3) is 4.13. The lowest BCUT2D eigenvalue weighted by Crippen LogP contribution is -2.31. The van der Waals surface area contributed by atoms with Gasteiger partial charge in [0, 0.05) is 18.3 Å². The number of aryl methyl sites for hydroxylation is 1. The van der Waals surface area contributed by atoms with Crippen LogP contribution in [-0.2, 0) is 14.8 Å². The van der Waals surface area contributed by atoms with E-state index in [0.717, 1.165) is 17.3 Å². The van der Waals surface area contributed by atoms with Gasteiger partial charge in [-0.3, -0.25) is 9.10 Å². The number of thioether (sulfide) groups is 1. The summed E-state index contributed by atoms with van der Waals surface area (Å²) in [6.45, 7) is 1.93. The van der Waals surface area contributed by atoms with E-state index in [1.807, 2.05) is 19.1 Å². The number of sulfonamides is 1. The maximum absolute atomic E-state index is 12.9. The lowest BCUT2D eigenvalue weighted by molar-refractivity contribution is -0.113. The van der Waals surface area contributed by atoms with Crippen LogP contribution in [0.25, 0.3) is 11.3 Å². The highest BCUT2D eigenvalue weighted by Gasteiger charge is 2.34. The van der Waals surface area contributed by atoms with Crippen LogP contribution < -0.4 is 14.4 Å². The van der Waals surface area contributed by atoms with E-state index in [9.17, 15) is 13.2 Å². The highest BCUT2D eigenvalue weighted by Crippen LogP contribution is 2.41. The number of carbonyl (C=O) groups excluding carboxylic acids is 1. The summed E-state index contributed by atoms with van der Waals surface area (Å²) >= 11 is 7.20. The number of amides is 1. The number of nitrogens with one attached hydrogen (secondary N) is 1. The van der Waals surface area contributed by atoms with Crippen LogP contribution in [0.3, 0.4) is 0 Å². The fourth-order valence-corrected chi connectivity index (χ4v) is 5.44. The number of benzene rings is 2. The second-order valence-electron chi connectivity index (χ2n) is 7.04. The number of aromatic nitrogens is 2. The Balaban J connectivity index is 1.55. The second kappa shape index (κ2) is 8.61. The van der Waals surface area contributed by atoms with Gasteiger partial charge in [0.15, 0.2) is 5.16 Å². The van der Waals surface area contributed by atoms with Gasteiger partial charge >= 0.3 is 0 Å². The van der Waals surface area contributed by atoms with E-state index in [-0.39, 0.29) is 16.6 Å². The second-order valence-corrected chi connectivity index (χ2v) is 10.3. The summed E-state index contributed by atoms with van der Waals surface area (Å²) in [5.41, 5.74) is 3.10. The van der Waals surface area contributed by atoms with Gasteiger partial charge in [0.25, 0.3) is 10.0 Å². The molecule has 0 saturated carbocycles. The van der Waals surface area contributed by atoms with Crippen LogP contribution in [0.2, 0.25) is 5.02 Å². The van der Waals surface area contributed by atoms with Crippen molar-refractivity contribution in [1.82, 2.24) is 9.97 Å². The molecule has 1 aliphatic rings. The number of carbonyl (C=O) groups is 1. The topological polar surface area (TPSA) is 101 Å². The highest BCUT2D eigenvalue weighted by molar-refractivity contribution is 7.99. The van der Waals surface area contributed by atoms with Crippen LogP contribution in [0.1, 0.15) is 5.56 Å². The molecule has 1 aromatic heterocycles. The first kappa shape index (κ1) is 22.4. The molecule has 0 aliphatic carbocycles. The molecule has 2 heterocycles. The van der Waals surface area contributed by atoms with Gasteiger partial charge in [-0.2, -0.15) is 0 Å². The fraction of sp³-hybridized carbons (Fsp3) is 0.190. The van der Waals surface area contributed by atoms with Crippen LogP contribution in [-0.4, -0.2) is 44.2 Å². The molecular formula is C21H19ClN4O4S2. The molecule has 0 atom stereocenters. The predicted octanol–water partition coefficient (Wildman–Crippen LogP) is 3.98. The van der Waals surface area contributed by atoms with E-state index in [4.69, 9.17) is 16.3 Å². The first-order valence-electron chi connectivity index (χ1n) is 9.44. The lowest BCUT2D eigenvalue weighted by atomic mass is 10.1. The maximum atomic E-state index is 12.9. The molecule has 1 N–H and O–H groups in total. The van der Waals surface area contributed by atoms with Crippen molar-refractivity contribution in [2.75, 3.05) is 29.5 Å². The Morgan fingerprint density at radius 3 is 2.75 bits per heavy atom. The van der Waals surface area contributed by atoms with Gasteiger partial charge in [0.05, 0.1) is 35.5 Å². The zero-order valence-corrected chi connectivity index (χ0v) is 19.8. The quantitative estimate of drug-likeness (QED) is 0.426. The van der Waals surface area contributed by atoms with Gasteiger partial charge in [-0.1, -0.05) is 35.0 Å². The van der Waals surface area contributed by atoms with Crippen molar-refractivity contribution in [3.05, 3.63) is 53.2 Å². The number of ether oxygens (including phenoxy) is 1. The van der Waals surface area contributed by atoms with Crippen molar-refractivity contribution in [3.63, 3.8) is 0 Å². The van der Waals surface area contributed by atoms with Gasteiger partial charge in [0.1, 0.15) is 10.6 Å². The summed E-state index contributed by atoms with van der Waals surface area (Å²) in [4.78, 5) is 21.0. The molecule has 32 heavy (non-hydrogen) atoms. The molecule has 0 bridgehead atoms. The van der Waals surface area contributed by atoms with E-state index in [2.05, 4.69) is 15.3 Å². The molecule has 3 aromatic rings. The molecule has 1 amide bonds. The zero-order valence-electron chi connectivity index (χ0n) is 17.4. The number of hydrogen-bond donors (Lipinski definition) is 1. The third-order valence-corrected chi connectivity index (χ3v) is 7.82. The third-order valence-electron chi connectivity index (χ3n) is 4.89. The van der Waals surface area contributed by atoms with Crippen molar-refractivity contribution in [2.24, 2.45) is 0 Å². The Labute approximate surface area is 195 Å². The normalized spacial score (nSPS) is 13.8. The minimum Gasteiger partial charge on any atom is -0.495 e. The number of methoxy groups -OCH3 is 1. The molecule has 1 aliphatic heterocycles. The maximum Gasteiger partial charge on any atom is 0.267 e. The molecule has 0 saturated heterocycles. The van der Waals surface area contributed by atoms with Crippen molar-refractivity contribution in [3.8, 4) is 17.0 Å². The van der Waals surface area contributed by atoms with Crippen LogP contribution in [0.5, 0.6) is 5.75 Å². The molecule has 2 aromatic carbocycles. The molecule has 8 nitrogen and oxygen atoms in total. The zero-order chi connectivity index (χ0) is 23.0. The van der Waals surface area contributed by atoms with E-state index in [0.29, 0.717) is 38.6 Å². The van der Waals surface area contributed by atoms with Crippen LogP contribution >= 0.6 is 23.4 Å². The average Bonchev–Trinajstić information content (AvgIpc) is 2.76. The first-order chi connectivity index (χ1) is 15.2. The Kier molecular flexibility index (Phi) is 6.02. The minimum absolute atomic E-state index is 0.0375. The highest BCUT2D eigenvalue weighted by atomic mass is 35.5. The molecule has 11 heteroatoms. The molecule has 0 radical (unpaired) electrons. The number of anilines is 2. The van der Waals surface area contributed by atoms with Crippen LogP contribution in [0.4, 0.5) is 11.4 Å². The summed E-state index contributed by atoms with van der Waals surface area (Å²) in [6.07, 6.45) is 1.29. The van der Waals surface area contributed by atoms with Crippen molar-refractivity contribution in [1.29, 1.82) is 0 Å². The molecule has 4 rings (SSSR count). The van der Waals surface area contributed by atoms with Gasteiger partial charge < -0.3 is 10.1 Å². The summed E-state index contributed by atoms with van der Waals surface area (Å²) in [7, 11) is -0.732. The lowest BCUT2D eigenvalue weighted by Gasteiger charge is -2.28. The number of fused-ring (bicyclic) bond motifs is 3. The molecule has 0 unspecified atom stereocenters. The van der Waals surface area contributed by atoms with Gasteiger partial charge in [0.2, 0.25) is 5.91 Å². The SMILES string of the molecule is COc1ccc(NC(=O)CSc2ncc3c(n2)-c2cc(C)ccc2N(C)S3(=O)=O)cc1Cl. The number of halogens is 1. The minimum atomic E-state index is -3.75. The standard InChI is InChI=1S/C21H19ClN4O4S2/c1-12-4-6-16-14(8-12)20-18(32(28,29)26(16)2)10-23-21(25-20)31-11-19(27)24-13-5-7-17(30-3)15(22)9-13/h4-10H,11H2,1-3H3,(H,24,27). The summed E-state index contributed by atoms with van der Waals surface area (Å²) < 4.78 is 32.0. The Bertz CT molecular complexity index is 1330. The Morgan fingerprint density at radius 1 is 1.25 bits per heavy atom. The molecule has 0 fully saturated rings. The summed E-state index contributed by atoms with van der Waals surface area (Å²) in [5.74, 6) is 0.272. The Hall–Kier alpha value is -2.82. The first-order valence-corrected chi connectivity index (χ1v) is 12.2.